The molecule has 1 aromatic heterocycles. The fraction of sp³-hybridized carbons (Fsp3) is 0.357. The molecule has 1 heterocycles. The van der Waals surface area contributed by atoms with Gasteiger partial charge in [0.1, 0.15) is 0 Å². The van der Waals surface area contributed by atoms with E-state index in [4.69, 9.17) is 5.11 Å². The Hall–Kier alpha value is -1.62. The predicted octanol–water partition coefficient (Wildman–Crippen LogP) is 3.90. The molecule has 2 rings (SSSR count). The maximum Gasteiger partial charge on any atom is 0.166 e. The van der Waals surface area contributed by atoms with Crippen LogP contribution < -0.4 is 5.32 Å². The van der Waals surface area contributed by atoms with Gasteiger partial charge in [0.2, 0.25) is 0 Å². The monoisotopic (exact) mass is 280 g/mol. The average molecular weight is 280 g/mol. The molecular formula is C14H17FN2OS. The molecule has 0 fully saturated rings. The Labute approximate surface area is 116 Å². The maximum absolute atomic E-state index is 13.2. The van der Waals surface area contributed by atoms with Gasteiger partial charge in [-0.2, -0.15) is 0 Å². The van der Waals surface area contributed by atoms with Crippen molar-refractivity contribution in [2.75, 3.05) is 5.32 Å². The van der Waals surface area contributed by atoms with Gasteiger partial charge in [-0.3, -0.25) is 0 Å². The van der Waals surface area contributed by atoms with E-state index in [1.807, 2.05) is 6.20 Å². The molecule has 0 aliphatic carbocycles. The van der Waals surface area contributed by atoms with E-state index in [-0.39, 0.29) is 11.2 Å². The highest BCUT2D eigenvalue weighted by Gasteiger charge is 2.17. The first-order chi connectivity index (χ1) is 8.86. The van der Waals surface area contributed by atoms with E-state index in [2.05, 4.69) is 31.1 Å². The number of benzene rings is 1. The van der Waals surface area contributed by atoms with Crippen LogP contribution in [0.1, 0.15) is 30.7 Å². The number of hydrogen-bond donors (Lipinski definition) is 2. The highest BCUT2D eigenvalue weighted by Crippen LogP contribution is 2.27. The van der Waals surface area contributed by atoms with Crippen LogP contribution in [0.15, 0.2) is 24.4 Å². The summed E-state index contributed by atoms with van der Waals surface area (Å²) in [6.45, 7) is 6.97. The highest BCUT2D eigenvalue weighted by atomic mass is 32.1. The van der Waals surface area contributed by atoms with Crippen LogP contribution in [-0.4, -0.2) is 10.1 Å². The minimum atomic E-state index is -0.621. The van der Waals surface area contributed by atoms with E-state index in [1.165, 1.54) is 12.1 Å². The largest absolute Gasteiger partial charge is 0.505 e. The van der Waals surface area contributed by atoms with Crippen molar-refractivity contribution in [3.63, 3.8) is 0 Å². The lowest BCUT2D eigenvalue weighted by atomic mass is 9.98. The Morgan fingerprint density at radius 3 is 2.68 bits per heavy atom. The van der Waals surface area contributed by atoms with Crippen LogP contribution in [-0.2, 0) is 12.0 Å². The first-order valence-electron chi connectivity index (χ1n) is 6.04. The Bertz CT molecular complexity index is 575. The van der Waals surface area contributed by atoms with Crippen molar-refractivity contribution in [2.24, 2.45) is 0 Å². The van der Waals surface area contributed by atoms with Crippen LogP contribution in [0.2, 0.25) is 0 Å². The maximum atomic E-state index is 13.2. The number of hydrogen-bond acceptors (Lipinski definition) is 4. The molecule has 5 heteroatoms. The lowest BCUT2D eigenvalue weighted by molar-refractivity contribution is 0.432. The van der Waals surface area contributed by atoms with E-state index in [0.717, 1.165) is 9.88 Å². The zero-order valence-electron chi connectivity index (χ0n) is 11.2. The Balaban J connectivity index is 2.02. The van der Waals surface area contributed by atoms with E-state index >= 15 is 0 Å². The summed E-state index contributed by atoms with van der Waals surface area (Å²) in [6.07, 6.45) is 1.84. The van der Waals surface area contributed by atoms with Gasteiger partial charge in [0.05, 0.1) is 11.6 Å². The molecule has 0 aliphatic rings. The fourth-order valence-corrected chi connectivity index (χ4v) is 2.45. The van der Waals surface area contributed by atoms with Crippen LogP contribution in [0.3, 0.4) is 0 Å². The minimum absolute atomic E-state index is 0.0492. The van der Waals surface area contributed by atoms with Crippen molar-refractivity contribution in [3.05, 3.63) is 40.1 Å². The molecule has 2 aromatic rings. The quantitative estimate of drug-likeness (QED) is 0.838. The van der Waals surface area contributed by atoms with Gasteiger partial charge in [-0.1, -0.05) is 20.8 Å². The van der Waals surface area contributed by atoms with Crippen LogP contribution in [0.25, 0.3) is 0 Å². The van der Waals surface area contributed by atoms with Gasteiger partial charge in [0.15, 0.2) is 11.6 Å². The Kier molecular flexibility index (Phi) is 3.75. The van der Waals surface area contributed by atoms with Crippen LogP contribution in [0.4, 0.5) is 10.1 Å². The Morgan fingerprint density at radius 2 is 2.11 bits per heavy atom. The summed E-state index contributed by atoms with van der Waals surface area (Å²) >= 11 is 1.65. The van der Waals surface area contributed by atoms with E-state index in [1.54, 1.807) is 17.4 Å². The number of phenols is 1. The van der Waals surface area contributed by atoms with Gasteiger partial charge in [-0.15, -0.1) is 11.3 Å². The Morgan fingerprint density at radius 1 is 1.37 bits per heavy atom. The summed E-state index contributed by atoms with van der Waals surface area (Å²) in [6, 6.07) is 4.26. The number of nitrogens with zero attached hydrogens (tertiary/aromatic N) is 1. The van der Waals surface area contributed by atoms with Gasteiger partial charge < -0.3 is 10.4 Å². The van der Waals surface area contributed by atoms with Crippen molar-refractivity contribution in [1.82, 2.24) is 4.98 Å². The molecule has 0 unspecified atom stereocenters. The zero-order valence-corrected chi connectivity index (χ0v) is 12.0. The molecule has 1 aromatic carbocycles. The number of anilines is 1. The first kappa shape index (κ1) is 13.8. The number of aromatic hydroxyl groups is 1. The minimum Gasteiger partial charge on any atom is -0.505 e. The highest BCUT2D eigenvalue weighted by molar-refractivity contribution is 7.11. The van der Waals surface area contributed by atoms with E-state index in [9.17, 15) is 4.39 Å². The molecule has 0 aliphatic heterocycles. The number of halogens is 1. The molecule has 0 spiro atoms. The van der Waals surface area contributed by atoms with Gasteiger partial charge in [0.25, 0.3) is 0 Å². The SMILES string of the molecule is CC(C)(C)c1ncc(CNc2ccc(O)c(F)c2)s1. The number of aromatic nitrogens is 1. The molecule has 0 saturated carbocycles. The standard InChI is InChI=1S/C14H17FN2OS/c1-14(2,3)13-17-8-10(19-13)7-16-9-4-5-12(18)11(15)6-9/h4-6,8,16,18H,7H2,1-3H3. The molecule has 0 saturated heterocycles. The van der Waals surface area contributed by atoms with Crippen LogP contribution in [0, 0.1) is 5.82 Å². The second-order valence-electron chi connectivity index (χ2n) is 5.40. The van der Waals surface area contributed by atoms with Crippen molar-refractivity contribution in [3.8, 4) is 5.75 Å². The van der Waals surface area contributed by atoms with Crippen molar-refractivity contribution in [2.45, 2.75) is 32.7 Å². The summed E-state index contributed by atoms with van der Waals surface area (Å²) in [5.41, 5.74) is 0.689. The third kappa shape index (κ3) is 3.44. The lowest BCUT2D eigenvalue weighted by Crippen LogP contribution is -2.09. The lowest BCUT2D eigenvalue weighted by Gasteiger charge is -2.13. The molecule has 0 bridgehead atoms. The molecular weight excluding hydrogens is 263 g/mol. The van der Waals surface area contributed by atoms with Crippen molar-refractivity contribution in [1.29, 1.82) is 0 Å². The number of phenolic OH excluding ortho intramolecular Hbond substituents is 1. The van der Waals surface area contributed by atoms with Crippen molar-refractivity contribution < 1.29 is 9.50 Å². The van der Waals surface area contributed by atoms with Crippen molar-refractivity contribution >= 4 is 17.0 Å². The summed E-state index contributed by atoms with van der Waals surface area (Å²) in [7, 11) is 0. The summed E-state index contributed by atoms with van der Waals surface area (Å²) in [5.74, 6) is -0.956. The molecule has 0 radical (unpaired) electrons. The molecule has 0 amide bonds. The second-order valence-corrected chi connectivity index (χ2v) is 6.52. The number of rotatable bonds is 3. The summed E-state index contributed by atoms with van der Waals surface area (Å²) < 4.78 is 13.2. The normalized spacial score (nSPS) is 11.6. The number of nitrogens with one attached hydrogen (secondary N) is 1. The predicted molar refractivity (Wildman–Crippen MR) is 76.2 cm³/mol. The second kappa shape index (κ2) is 5.17. The molecule has 3 nitrogen and oxygen atoms in total. The van der Waals surface area contributed by atoms with Gasteiger partial charge in [-0.25, -0.2) is 9.37 Å². The molecule has 0 atom stereocenters. The molecule has 102 valence electrons. The topological polar surface area (TPSA) is 45.2 Å². The molecule has 19 heavy (non-hydrogen) atoms. The number of thiazole rings is 1. The third-order valence-corrected chi connectivity index (χ3v) is 4.03. The van der Waals surface area contributed by atoms with Crippen LogP contribution in [0.5, 0.6) is 5.75 Å². The summed E-state index contributed by atoms with van der Waals surface area (Å²) in [4.78, 5) is 5.49. The first-order valence-corrected chi connectivity index (χ1v) is 6.85. The van der Waals surface area contributed by atoms with E-state index in [0.29, 0.717) is 12.2 Å². The van der Waals surface area contributed by atoms with Crippen LogP contribution >= 0.6 is 11.3 Å². The van der Waals surface area contributed by atoms with Gasteiger partial charge in [-0.05, 0) is 12.1 Å². The fourth-order valence-electron chi connectivity index (χ4n) is 1.54. The third-order valence-electron chi connectivity index (χ3n) is 2.61. The zero-order chi connectivity index (χ0) is 14.0. The summed E-state index contributed by atoms with van der Waals surface area (Å²) in [5, 5.41) is 13.3. The van der Waals surface area contributed by atoms with Gasteiger partial charge >= 0.3 is 0 Å². The molecule has 2 N–H and O–H groups in total. The van der Waals surface area contributed by atoms with E-state index < -0.39 is 5.82 Å². The average Bonchev–Trinajstić information content (AvgIpc) is 2.79. The smallest absolute Gasteiger partial charge is 0.166 e. The van der Waals surface area contributed by atoms with Gasteiger partial charge in [0, 0.05) is 28.2 Å².